The molecule has 0 spiro atoms. The van der Waals surface area contributed by atoms with Crippen LogP contribution in [0.2, 0.25) is 0 Å². The molecular formula is C12H17BrN2O. The van der Waals surface area contributed by atoms with Crippen LogP contribution in [0, 0.1) is 0 Å². The summed E-state index contributed by atoms with van der Waals surface area (Å²) in [7, 11) is 0. The van der Waals surface area contributed by atoms with Gasteiger partial charge in [-0.2, -0.15) is 0 Å². The van der Waals surface area contributed by atoms with Gasteiger partial charge in [0.25, 0.3) is 0 Å². The van der Waals surface area contributed by atoms with Gasteiger partial charge in [0.05, 0.1) is 0 Å². The summed E-state index contributed by atoms with van der Waals surface area (Å²) in [6.45, 7) is 3.86. The molecular weight excluding hydrogens is 268 g/mol. The van der Waals surface area contributed by atoms with Gasteiger partial charge in [-0.25, -0.2) is 4.98 Å². The molecule has 16 heavy (non-hydrogen) atoms. The first-order chi connectivity index (χ1) is 7.79. The summed E-state index contributed by atoms with van der Waals surface area (Å²) in [6.07, 6.45) is 5.79. The van der Waals surface area contributed by atoms with Gasteiger partial charge in [-0.15, -0.1) is 0 Å². The molecule has 1 N–H and O–H groups in total. The van der Waals surface area contributed by atoms with Gasteiger partial charge in [0.1, 0.15) is 6.10 Å². The Morgan fingerprint density at radius 3 is 3.00 bits per heavy atom. The van der Waals surface area contributed by atoms with E-state index in [9.17, 15) is 0 Å². The van der Waals surface area contributed by atoms with Crippen LogP contribution < -0.4 is 10.1 Å². The van der Waals surface area contributed by atoms with Gasteiger partial charge in [0, 0.05) is 22.8 Å². The van der Waals surface area contributed by atoms with Gasteiger partial charge in [-0.05, 0) is 47.8 Å². The van der Waals surface area contributed by atoms with Gasteiger partial charge >= 0.3 is 0 Å². The summed E-state index contributed by atoms with van der Waals surface area (Å²) in [6, 6.07) is 2.07. The van der Waals surface area contributed by atoms with E-state index in [2.05, 4.69) is 39.2 Å². The summed E-state index contributed by atoms with van der Waals surface area (Å²) in [5, 5.41) is 3.30. The van der Waals surface area contributed by atoms with Crippen LogP contribution in [0.3, 0.4) is 0 Å². The van der Waals surface area contributed by atoms with Crippen molar-refractivity contribution in [2.75, 3.05) is 6.54 Å². The van der Waals surface area contributed by atoms with E-state index in [0.29, 0.717) is 6.10 Å². The van der Waals surface area contributed by atoms with Crippen LogP contribution >= 0.6 is 15.9 Å². The molecule has 0 bridgehead atoms. The molecule has 2 rings (SSSR count). The van der Waals surface area contributed by atoms with Crippen molar-refractivity contribution in [1.29, 1.82) is 0 Å². The lowest BCUT2D eigenvalue weighted by molar-refractivity contribution is 0.113. The molecule has 1 aromatic rings. The minimum absolute atomic E-state index is 0.383. The molecule has 1 aliphatic rings. The maximum Gasteiger partial charge on any atom is 0.218 e. The van der Waals surface area contributed by atoms with Crippen molar-refractivity contribution in [3.8, 4) is 5.88 Å². The van der Waals surface area contributed by atoms with Crippen molar-refractivity contribution in [3.05, 3.63) is 22.3 Å². The maximum atomic E-state index is 5.86. The Labute approximate surface area is 105 Å². The number of hydrogen-bond donors (Lipinski definition) is 1. The van der Waals surface area contributed by atoms with E-state index >= 15 is 0 Å². The molecule has 0 radical (unpaired) electrons. The predicted octanol–water partition coefficient (Wildman–Crippen LogP) is 2.88. The first kappa shape index (κ1) is 11.9. The van der Waals surface area contributed by atoms with Crippen LogP contribution in [-0.4, -0.2) is 17.6 Å². The third-order valence-corrected chi connectivity index (χ3v) is 3.22. The van der Waals surface area contributed by atoms with Gasteiger partial charge in [0.15, 0.2) is 0 Å². The molecule has 88 valence electrons. The SMILES string of the molecule is CCNCc1cc(Br)cnc1OC1CCC1. The van der Waals surface area contributed by atoms with Crippen LogP contribution in [0.25, 0.3) is 0 Å². The number of halogens is 1. The molecule has 1 fully saturated rings. The summed E-state index contributed by atoms with van der Waals surface area (Å²) in [5.74, 6) is 0.786. The highest BCUT2D eigenvalue weighted by molar-refractivity contribution is 9.10. The number of nitrogens with zero attached hydrogens (tertiary/aromatic N) is 1. The quantitative estimate of drug-likeness (QED) is 0.903. The zero-order chi connectivity index (χ0) is 11.4. The van der Waals surface area contributed by atoms with Gasteiger partial charge in [-0.3, -0.25) is 0 Å². The maximum absolute atomic E-state index is 5.86. The second kappa shape index (κ2) is 5.64. The third kappa shape index (κ3) is 2.95. The smallest absolute Gasteiger partial charge is 0.218 e. The van der Waals surface area contributed by atoms with Crippen LogP contribution in [-0.2, 0) is 6.54 Å². The van der Waals surface area contributed by atoms with E-state index in [-0.39, 0.29) is 0 Å². The van der Waals surface area contributed by atoms with Gasteiger partial charge in [0.2, 0.25) is 5.88 Å². The Morgan fingerprint density at radius 1 is 1.56 bits per heavy atom. The summed E-state index contributed by atoms with van der Waals surface area (Å²) < 4.78 is 6.86. The number of ether oxygens (including phenoxy) is 1. The van der Waals surface area contributed by atoms with Crippen LogP contribution in [0.4, 0.5) is 0 Å². The summed E-state index contributed by atoms with van der Waals surface area (Å²) >= 11 is 3.44. The lowest BCUT2D eigenvalue weighted by Crippen LogP contribution is -2.26. The Morgan fingerprint density at radius 2 is 2.38 bits per heavy atom. The standard InChI is InChI=1S/C12H17BrN2O/c1-2-14-7-9-6-10(13)8-15-12(9)16-11-4-3-5-11/h6,8,11,14H,2-5,7H2,1H3. The number of aromatic nitrogens is 1. The average Bonchev–Trinajstić information content (AvgIpc) is 2.22. The molecule has 1 aliphatic carbocycles. The molecule has 0 saturated heterocycles. The number of nitrogens with one attached hydrogen (secondary N) is 1. The van der Waals surface area contributed by atoms with Crippen molar-refractivity contribution in [2.24, 2.45) is 0 Å². The van der Waals surface area contributed by atoms with Crippen molar-refractivity contribution in [2.45, 2.75) is 38.8 Å². The molecule has 0 atom stereocenters. The molecule has 1 aromatic heterocycles. The minimum atomic E-state index is 0.383. The highest BCUT2D eigenvalue weighted by Crippen LogP contribution is 2.27. The molecule has 0 aliphatic heterocycles. The zero-order valence-corrected chi connectivity index (χ0v) is 11.1. The van der Waals surface area contributed by atoms with E-state index in [1.165, 1.54) is 19.3 Å². The van der Waals surface area contributed by atoms with Crippen molar-refractivity contribution in [1.82, 2.24) is 10.3 Å². The highest BCUT2D eigenvalue weighted by Gasteiger charge is 2.20. The van der Waals surface area contributed by atoms with E-state index in [1.807, 2.05) is 0 Å². The summed E-state index contributed by atoms with van der Waals surface area (Å²) in [4.78, 5) is 4.34. The lowest BCUT2D eigenvalue weighted by atomic mass is 9.96. The van der Waals surface area contributed by atoms with Crippen LogP contribution in [0.15, 0.2) is 16.7 Å². The Hall–Kier alpha value is -0.610. The first-order valence-corrected chi connectivity index (χ1v) is 6.60. The Bertz CT molecular complexity index is 353. The molecule has 4 heteroatoms. The third-order valence-electron chi connectivity index (χ3n) is 2.79. The second-order valence-electron chi connectivity index (χ2n) is 4.07. The number of pyridine rings is 1. The van der Waals surface area contributed by atoms with Crippen LogP contribution in [0.1, 0.15) is 31.7 Å². The van der Waals surface area contributed by atoms with Gasteiger partial charge < -0.3 is 10.1 Å². The van der Waals surface area contributed by atoms with Gasteiger partial charge in [-0.1, -0.05) is 6.92 Å². The lowest BCUT2D eigenvalue weighted by Gasteiger charge is -2.26. The Kier molecular flexibility index (Phi) is 4.18. The highest BCUT2D eigenvalue weighted by atomic mass is 79.9. The Balaban J connectivity index is 2.07. The first-order valence-electron chi connectivity index (χ1n) is 5.81. The topological polar surface area (TPSA) is 34.2 Å². The van der Waals surface area contributed by atoms with Crippen LogP contribution in [0.5, 0.6) is 5.88 Å². The van der Waals surface area contributed by atoms with E-state index in [4.69, 9.17) is 4.74 Å². The van der Waals surface area contributed by atoms with E-state index in [1.54, 1.807) is 6.20 Å². The number of rotatable bonds is 5. The van der Waals surface area contributed by atoms with E-state index < -0.39 is 0 Å². The largest absolute Gasteiger partial charge is 0.474 e. The summed E-state index contributed by atoms with van der Waals surface area (Å²) in [5.41, 5.74) is 1.13. The molecule has 0 aromatic carbocycles. The normalized spacial score (nSPS) is 15.9. The van der Waals surface area contributed by atoms with Crippen molar-refractivity contribution < 1.29 is 4.74 Å². The monoisotopic (exact) mass is 284 g/mol. The van der Waals surface area contributed by atoms with E-state index in [0.717, 1.165) is 29.0 Å². The average molecular weight is 285 g/mol. The fourth-order valence-electron chi connectivity index (χ4n) is 1.61. The fraction of sp³-hybridized carbons (Fsp3) is 0.583. The molecule has 0 amide bonds. The van der Waals surface area contributed by atoms with Crippen molar-refractivity contribution >= 4 is 15.9 Å². The molecule has 1 saturated carbocycles. The molecule has 0 unspecified atom stereocenters. The number of hydrogen-bond acceptors (Lipinski definition) is 3. The fourth-order valence-corrected chi connectivity index (χ4v) is 1.99. The second-order valence-corrected chi connectivity index (χ2v) is 4.98. The molecule has 1 heterocycles. The van der Waals surface area contributed by atoms with Crippen molar-refractivity contribution in [3.63, 3.8) is 0 Å². The minimum Gasteiger partial charge on any atom is -0.474 e. The molecule has 3 nitrogen and oxygen atoms in total. The zero-order valence-electron chi connectivity index (χ0n) is 9.50. The predicted molar refractivity (Wildman–Crippen MR) is 67.6 cm³/mol.